The van der Waals surface area contributed by atoms with Crippen molar-refractivity contribution < 1.29 is 29.7 Å². The standard InChI is InChI=1S/C65H58N3.Ir/c1-44-18-14-15-23-54(44)56-38-62(50-28-31-59-57(37-50)55-24-16-17-25-58(55)65(59,6)7)66-41-51(56)27-26-45-34-46(39-63(2,3)52-29-32-60(67-42-52)48-19-10-8-11-20-48)36-47(35-45)40-64(4,5)53-30-33-61(68-43-53)49-21-12-9-13-22-49;/h8-19,21,23-25,29-38,41-43H,26-27,39-40H2,1-7H3;/q-3;+3/i1D3,26D2,27D2;. The second kappa shape index (κ2) is 19.4. The smallest absolute Gasteiger partial charge is 0.304 e. The molecular formula is C65H58IrN3. The molecule has 0 N–H and O–H groups in total. The summed E-state index contributed by atoms with van der Waals surface area (Å²) in [4.78, 5) is 14.5. The number of nitrogens with zero attached hydrogens (tertiary/aromatic N) is 3. The summed E-state index contributed by atoms with van der Waals surface area (Å²) in [6.07, 6.45) is 0.706. The average molecular weight is 1080 g/mol. The molecule has 0 amide bonds. The fraction of sp³-hybridized carbons (Fsp3) is 0.215. The molecule has 9 aromatic rings. The van der Waals surface area contributed by atoms with Gasteiger partial charge in [-0.1, -0.05) is 144 Å². The molecular weight excluding hydrogens is 1010 g/mol. The van der Waals surface area contributed by atoms with Crippen LogP contribution in [0.5, 0.6) is 0 Å². The van der Waals surface area contributed by atoms with Gasteiger partial charge in [-0.2, -0.15) is 0 Å². The predicted molar refractivity (Wildman–Crippen MR) is 281 cm³/mol. The number of fused-ring (bicyclic) bond motifs is 3. The fourth-order valence-electron chi connectivity index (χ4n) is 9.85. The van der Waals surface area contributed by atoms with E-state index in [1.165, 1.54) is 17.8 Å². The maximum absolute atomic E-state index is 10.1. The van der Waals surface area contributed by atoms with Gasteiger partial charge in [-0.05, 0) is 127 Å². The molecule has 0 bridgehead atoms. The molecule has 1 aliphatic carbocycles. The Morgan fingerprint density at radius 2 is 1.07 bits per heavy atom. The van der Waals surface area contributed by atoms with Crippen molar-refractivity contribution in [1.29, 1.82) is 0 Å². The Morgan fingerprint density at radius 1 is 0.507 bits per heavy atom. The maximum atomic E-state index is 10.1. The molecule has 3 nitrogen and oxygen atoms in total. The third-order valence-corrected chi connectivity index (χ3v) is 13.7. The minimum Gasteiger partial charge on any atom is -0.304 e. The van der Waals surface area contributed by atoms with E-state index in [1.54, 1.807) is 36.4 Å². The van der Waals surface area contributed by atoms with Crippen LogP contribution in [0.1, 0.15) is 101 Å². The molecule has 0 radical (unpaired) electrons. The molecule has 0 aliphatic heterocycles. The van der Waals surface area contributed by atoms with Crippen LogP contribution in [-0.2, 0) is 61.9 Å². The van der Waals surface area contributed by atoms with Crippen LogP contribution < -0.4 is 0 Å². The molecule has 0 saturated heterocycles. The first kappa shape index (κ1) is 39.3. The van der Waals surface area contributed by atoms with Crippen LogP contribution in [0.2, 0.25) is 0 Å². The average Bonchev–Trinajstić information content (AvgIpc) is 3.67. The van der Waals surface area contributed by atoms with E-state index in [1.807, 2.05) is 97.3 Å². The zero-order valence-corrected chi connectivity index (χ0v) is 42.2. The first-order chi connectivity index (χ1) is 35.5. The van der Waals surface area contributed by atoms with Crippen molar-refractivity contribution in [3.8, 4) is 56.0 Å². The second-order valence-electron chi connectivity index (χ2n) is 19.8. The normalized spacial score (nSPS) is 14.9. The summed E-state index contributed by atoms with van der Waals surface area (Å²) in [5, 5.41) is 0. The van der Waals surface area contributed by atoms with Crippen LogP contribution in [0, 0.1) is 25.1 Å². The molecule has 6 aromatic carbocycles. The number of hydrogen-bond donors (Lipinski definition) is 0. The molecule has 3 aromatic heterocycles. The summed E-state index contributed by atoms with van der Waals surface area (Å²) in [5.74, 6) is 0. The van der Waals surface area contributed by atoms with E-state index in [0.717, 1.165) is 61.5 Å². The molecule has 10 rings (SSSR count). The molecule has 342 valence electrons. The third-order valence-electron chi connectivity index (χ3n) is 13.7. The van der Waals surface area contributed by atoms with E-state index in [2.05, 4.69) is 90.1 Å². The van der Waals surface area contributed by atoms with Gasteiger partial charge in [0.25, 0.3) is 0 Å². The first-order valence-electron chi connectivity index (χ1n) is 26.8. The Labute approximate surface area is 433 Å². The number of hydrogen-bond acceptors (Lipinski definition) is 3. The Morgan fingerprint density at radius 3 is 1.65 bits per heavy atom. The minimum absolute atomic E-state index is 0. The van der Waals surface area contributed by atoms with Crippen molar-refractivity contribution in [2.24, 2.45) is 0 Å². The van der Waals surface area contributed by atoms with Gasteiger partial charge in [0.2, 0.25) is 0 Å². The quantitative estimate of drug-likeness (QED) is 0.108. The van der Waals surface area contributed by atoms with Crippen molar-refractivity contribution in [1.82, 2.24) is 15.0 Å². The van der Waals surface area contributed by atoms with E-state index in [0.29, 0.717) is 24.1 Å². The molecule has 1 aliphatic rings. The molecule has 69 heavy (non-hydrogen) atoms. The summed E-state index contributed by atoms with van der Waals surface area (Å²) < 4.78 is 66.1. The van der Waals surface area contributed by atoms with Gasteiger partial charge in [0.1, 0.15) is 0 Å². The Bertz CT molecular complexity index is 3440. The van der Waals surface area contributed by atoms with Crippen LogP contribution in [0.25, 0.3) is 56.0 Å². The van der Waals surface area contributed by atoms with Crippen LogP contribution in [0.15, 0.2) is 176 Å². The zero-order chi connectivity index (χ0) is 53.1. The number of pyridine rings is 3. The minimum atomic E-state index is -2.76. The zero-order valence-electron chi connectivity index (χ0n) is 46.8. The van der Waals surface area contributed by atoms with Gasteiger partial charge in [-0.25, -0.2) is 0 Å². The van der Waals surface area contributed by atoms with Gasteiger partial charge >= 0.3 is 20.1 Å². The van der Waals surface area contributed by atoms with Gasteiger partial charge in [0, 0.05) is 28.2 Å². The predicted octanol–water partition coefficient (Wildman–Crippen LogP) is 15.4. The Kier molecular flexibility index (Phi) is 11.1. The largest absolute Gasteiger partial charge is 3.00 e. The number of aryl methyl sites for hydroxylation is 3. The van der Waals surface area contributed by atoms with Crippen molar-refractivity contribution in [3.05, 3.63) is 245 Å². The van der Waals surface area contributed by atoms with Crippen molar-refractivity contribution in [3.63, 3.8) is 0 Å². The molecule has 3 heterocycles. The Hall–Kier alpha value is -6.58. The van der Waals surface area contributed by atoms with E-state index in [-0.39, 0.29) is 53.3 Å². The van der Waals surface area contributed by atoms with Gasteiger partial charge in [-0.15, -0.1) is 101 Å². The molecule has 0 fully saturated rings. The summed E-state index contributed by atoms with van der Waals surface area (Å²) in [6, 6.07) is 59.9. The van der Waals surface area contributed by atoms with Crippen molar-refractivity contribution in [2.75, 3.05) is 0 Å². The molecule has 0 spiro atoms. The molecule has 4 heteroatoms. The van der Waals surface area contributed by atoms with Crippen LogP contribution in [-0.4, -0.2) is 15.0 Å². The van der Waals surface area contributed by atoms with Crippen molar-refractivity contribution in [2.45, 2.75) is 90.2 Å². The van der Waals surface area contributed by atoms with Gasteiger partial charge < -0.3 is 15.0 Å². The van der Waals surface area contributed by atoms with Gasteiger partial charge in [0.15, 0.2) is 0 Å². The maximum Gasteiger partial charge on any atom is 3.00 e. The number of benzene rings is 6. The van der Waals surface area contributed by atoms with Crippen LogP contribution >= 0.6 is 0 Å². The fourth-order valence-corrected chi connectivity index (χ4v) is 9.85. The van der Waals surface area contributed by atoms with Crippen molar-refractivity contribution >= 4 is 0 Å². The number of rotatable bonds is 13. The van der Waals surface area contributed by atoms with E-state index < -0.39 is 30.4 Å². The van der Waals surface area contributed by atoms with Gasteiger partial charge in [-0.3, -0.25) is 0 Å². The van der Waals surface area contributed by atoms with E-state index in [4.69, 9.17) is 19.1 Å². The SMILES string of the molecule is [2H]C([2H])([2H])c1ccccc1-c1cc(-c2[c-]cc3c(c2)-c2ccccc2C3(C)C)ncc1C([2H])([2H])C([2H])([2H])c1cc(CC(C)(C)c2ccc(-c3[c-]cccc3)nc2)cc(CC(C)(C)c2ccc(-c3[c-]cccc3)nc2)c1.[Ir+3]. The Balaban J connectivity index is 0.00000706. The summed E-state index contributed by atoms with van der Waals surface area (Å²) in [7, 11) is 0. The summed E-state index contributed by atoms with van der Waals surface area (Å²) in [5.41, 5.74) is 12.1. The topological polar surface area (TPSA) is 38.7 Å². The third kappa shape index (κ3) is 9.84. The molecule has 0 unspecified atom stereocenters. The first-order valence-corrected chi connectivity index (χ1v) is 23.3. The molecule has 0 atom stereocenters. The summed E-state index contributed by atoms with van der Waals surface area (Å²) in [6.45, 7) is 10.4. The van der Waals surface area contributed by atoms with Crippen LogP contribution in [0.4, 0.5) is 0 Å². The summed E-state index contributed by atoms with van der Waals surface area (Å²) >= 11 is 0. The van der Waals surface area contributed by atoms with E-state index in [9.17, 15) is 5.48 Å². The molecule has 0 saturated carbocycles. The monoisotopic (exact) mass is 1080 g/mol. The van der Waals surface area contributed by atoms with Gasteiger partial charge in [0.05, 0.1) is 0 Å². The second-order valence-corrected chi connectivity index (χ2v) is 19.8. The van der Waals surface area contributed by atoms with Crippen LogP contribution in [0.3, 0.4) is 0 Å². The van der Waals surface area contributed by atoms with E-state index >= 15 is 0 Å². The number of aromatic nitrogens is 3.